The average Bonchev–Trinajstić information content (AvgIpc) is 2.12. The molecule has 1 aromatic rings. The highest BCUT2D eigenvalue weighted by Gasteiger charge is 2.22. The lowest BCUT2D eigenvalue weighted by molar-refractivity contribution is 0.267. The summed E-state index contributed by atoms with van der Waals surface area (Å²) >= 11 is 9.43. The zero-order valence-electron chi connectivity index (χ0n) is 7.30. The molecular weight excluding hydrogens is 289 g/mol. The van der Waals surface area contributed by atoms with Crippen LogP contribution in [0.2, 0.25) is 5.02 Å². The van der Waals surface area contributed by atoms with Crippen LogP contribution in [0.15, 0.2) is 16.6 Å². The summed E-state index contributed by atoms with van der Waals surface area (Å²) in [6, 6.07) is 3.70. The molecule has 5 heteroatoms. The molecule has 2 N–H and O–H groups in total. The van der Waals surface area contributed by atoms with Crippen LogP contribution in [-0.2, 0) is 0 Å². The second kappa shape index (κ2) is 4.71. The van der Waals surface area contributed by atoms with E-state index in [0.29, 0.717) is 11.6 Å². The fourth-order valence-electron chi connectivity index (χ4n) is 1.47. The first-order chi connectivity index (χ1) is 6.20. The third kappa shape index (κ3) is 2.01. The molecule has 1 atom stereocenters. The smallest absolute Gasteiger partial charge is 0.139 e. The monoisotopic (exact) mass is 297 g/mol. The van der Waals surface area contributed by atoms with Gasteiger partial charge in [0.2, 0.25) is 0 Å². The number of hydrogen-bond donors (Lipinski definition) is 1. The van der Waals surface area contributed by atoms with Crippen molar-refractivity contribution in [2.24, 2.45) is 5.73 Å². The van der Waals surface area contributed by atoms with Gasteiger partial charge in [0.15, 0.2) is 0 Å². The second-order valence-corrected chi connectivity index (χ2v) is 4.28. The van der Waals surface area contributed by atoms with Crippen molar-refractivity contribution in [1.82, 2.24) is 0 Å². The maximum atomic E-state index is 6.03. The molecule has 0 aliphatic carbocycles. The number of fused-ring (bicyclic) bond motifs is 1. The van der Waals surface area contributed by atoms with Crippen LogP contribution in [0.25, 0.3) is 0 Å². The summed E-state index contributed by atoms with van der Waals surface area (Å²) in [5.74, 6) is 0.797. The van der Waals surface area contributed by atoms with Crippen LogP contribution >= 0.6 is 39.9 Å². The Morgan fingerprint density at radius 3 is 2.86 bits per heavy atom. The molecule has 0 bridgehead atoms. The third-order valence-corrected chi connectivity index (χ3v) is 3.09. The number of nitrogens with two attached hydrogens (primary N) is 1. The van der Waals surface area contributed by atoms with Crippen LogP contribution in [0.4, 0.5) is 0 Å². The van der Waals surface area contributed by atoms with Gasteiger partial charge in [-0.25, -0.2) is 0 Å². The van der Waals surface area contributed by atoms with E-state index in [1.807, 2.05) is 12.1 Å². The molecule has 1 aliphatic heterocycles. The topological polar surface area (TPSA) is 35.2 Å². The van der Waals surface area contributed by atoms with Crippen LogP contribution in [-0.4, -0.2) is 6.61 Å². The number of hydrogen-bond acceptors (Lipinski definition) is 2. The Morgan fingerprint density at radius 2 is 2.21 bits per heavy atom. The Balaban J connectivity index is 0.000000980. The molecule has 0 unspecified atom stereocenters. The van der Waals surface area contributed by atoms with Gasteiger partial charge in [-0.05, 0) is 28.1 Å². The summed E-state index contributed by atoms with van der Waals surface area (Å²) in [6.07, 6.45) is 0.823. The van der Waals surface area contributed by atoms with Crippen molar-refractivity contribution < 1.29 is 4.74 Å². The van der Waals surface area contributed by atoms with E-state index in [1.165, 1.54) is 0 Å². The normalized spacial score (nSPS) is 19.2. The predicted octanol–water partition coefficient (Wildman–Crippen LogP) is 3.31. The summed E-state index contributed by atoms with van der Waals surface area (Å²) in [5, 5.41) is 0.686. The van der Waals surface area contributed by atoms with E-state index in [9.17, 15) is 0 Å². The molecule has 0 fully saturated rings. The van der Waals surface area contributed by atoms with E-state index in [4.69, 9.17) is 22.1 Å². The van der Waals surface area contributed by atoms with E-state index < -0.39 is 0 Å². The summed E-state index contributed by atoms with van der Waals surface area (Å²) < 4.78 is 6.41. The standard InChI is InChI=1S/C9H9BrClNO.ClH/c10-5-1-2-6(11)8-7(12)3-4-13-9(5)8;/h1-2,7H,3-4,12H2;1H/t7-;/m0./s1. The summed E-state index contributed by atoms with van der Waals surface area (Å²) in [6.45, 7) is 0.660. The minimum absolute atomic E-state index is 0. The molecule has 0 radical (unpaired) electrons. The van der Waals surface area contributed by atoms with Crippen LogP contribution in [0.3, 0.4) is 0 Å². The first-order valence-electron chi connectivity index (χ1n) is 4.06. The number of halogens is 3. The lowest BCUT2D eigenvalue weighted by Gasteiger charge is -2.24. The Morgan fingerprint density at radius 1 is 1.50 bits per heavy atom. The van der Waals surface area contributed by atoms with E-state index in [0.717, 1.165) is 22.2 Å². The van der Waals surface area contributed by atoms with Crippen molar-refractivity contribution in [2.45, 2.75) is 12.5 Å². The van der Waals surface area contributed by atoms with Crippen molar-refractivity contribution in [2.75, 3.05) is 6.61 Å². The highest BCUT2D eigenvalue weighted by molar-refractivity contribution is 9.10. The molecule has 2 rings (SSSR count). The molecule has 1 aromatic carbocycles. The Kier molecular flexibility index (Phi) is 4.07. The largest absolute Gasteiger partial charge is 0.492 e. The fraction of sp³-hybridized carbons (Fsp3) is 0.333. The van der Waals surface area contributed by atoms with Gasteiger partial charge in [0.25, 0.3) is 0 Å². The second-order valence-electron chi connectivity index (χ2n) is 3.02. The first-order valence-corrected chi connectivity index (χ1v) is 5.23. The SMILES string of the molecule is Cl.N[C@H]1CCOc2c(Br)ccc(Cl)c21. The molecule has 0 saturated heterocycles. The molecule has 1 aliphatic rings. The van der Waals surface area contributed by atoms with Gasteiger partial charge in [-0.15, -0.1) is 12.4 Å². The molecule has 0 saturated carbocycles. The maximum absolute atomic E-state index is 6.03. The van der Waals surface area contributed by atoms with Crippen LogP contribution in [0.1, 0.15) is 18.0 Å². The highest BCUT2D eigenvalue weighted by atomic mass is 79.9. The third-order valence-electron chi connectivity index (χ3n) is 2.14. The summed E-state index contributed by atoms with van der Waals surface area (Å²) in [4.78, 5) is 0. The minimum atomic E-state index is -0.00579. The molecule has 14 heavy (non-hydrogen) atoms. The van der Waals surface area contributed by atoms with Gasteiger partial charge in [0.05, 0.1) is 11.1 Å². The zero-order valence-corrected chi connectivity index (χ0v) is 10.5. The van der Waals surface area contributed by atoms with E-state index in [2.05, 4.69) is 15.9 Å². The molecule has 0 aromatic heterocycles. The Hall–Kier alpha value is 0.0400. The van der Waals surface area contributed by atoms with Gasteiger partial charge < -0.3 is 10.5 Å². The zero-order chi connectivity index (χ0) is 9.42. The molecule has 0 amide bonds. The van der Waals surface area contributed by atoms with Gasteiger partial charge in [-0.3, -0.25) is 0 Å². The van der Waals surface area contributed by atoms with Gasteiger partial charge in [0.1, 0.15) is 5.75 Å². The lowest BCUT2D eigenvalue weighted by atomic mass is 10.0. The van der Waals surface area contributed by atoms with E-state index in [-0.39, 0.29) is 18.4 Å². The van der Waals surface area contributed by atoms with Gasteiger partial charge in [0, 0.05) is 23.0 Å². The molecule has 0 spiro atoms. The minimum Gasteiger partial charge on any atom is -0.492 e. The van der Waals surface area contributed by atoms with E-state index >= 15 is 0 Å². The highest BCUT2D eigenvalue weighted by Crippen LogP contribution is 2.40. The summed E-state index contributed by atoms with van der Waals surface area (Å²) in [7, 11) is 0. The van der Waals surface area contributed by atoms with Crippen molar-refractivity contribution in [1.29, 1.82) is 0 Å². The Bertz CT molecular complexity index is 346. The predicted molar refractivity (Wildman–Crippen MR) is 63.4 cm³/mol. The van der Waals surface area contributed by atoms with Crippen LogP contribution in [0, 0.1) is 0 Å². The molecular formula is C9H10BrCl2NO. The quantitative estimate of drug-likeness (QED) is 0.797. The van der Waals surface area contributed by atoms with Gasteiger partial charge in [-0.1, -0.05) is 11.6 Å². The van der Waals surface area contributed by atoms with Crippen LogP contribution < -0.4 is 10.5 Å². The number of benzene rings is 1. The van der Waals surface area contributed by atoms with Crippen LogP contribution in [0.5, 0.6) is 5.75 Å². The number of rotatable bonds is 0. The van der Waals surface area contributed by atoms with E-state index in [1.54, 1.807) is 0 Å². The van der Waals surface area contributed by atoms with Crippen molar-refractivity contribution >= 4 is 39.9 Å². The average molecular weight is 299 g/mol. The molecule has 78 valence electrons. The van der Waals surface area contributed by atoms with Crippen molar-refractivity contribution in [3.63, 3.8) is 0 Å². The summed E-state index contributed by atoms with van der Waals surface area (Å²) in [5.41, 5.74) is 6.85. The van der Waals surface area contributed by atoms with Crippen molar-refractivity contribution in [3.05, 3.63) is 27.2 Å². The van der Waals surface area contributed by atoms with Gasteiger partial charge in [-0.2, -0.15) is 0 Å². The molecule has 1 heterocycles. The lowest BCUT2D eigenvalue weighted by Crippen LogP contribution is -2.21. The first kappa shape index (κ1) is 12.1. The molecule has 2 nitrogen and oxygen atoms in total. The van der Waals surface area contributed by atoms with Crippen molar-refractivity contribution in [3.8, 4) is 5.75 Å². The maximum Gasteiger partial charge on any atom is 0.139 e. The number of ether oxygens (including phenoxy) is 1. The van der Waals surface area contributed by atoms with Gasteiger partial charge >= 0.3 is 0 Å². The Labute approximate surface area is 102 Å². The fourth-order valence-corrected chi connectivity index (χ4v) is 2.22.